The third-order valence-corrected chi connectivity index (χ3v) is 4.72. The fourth-order valence-corrected chi connectivity index (χ4v) is 3.40. The number of hydrogen-bond acceptors (Lipinski definition) is 5. The van der Waals surface area contributed by atoms with Gasteiger partial charge in [-0.05, 0) is 18.8 Å². The van der Waals surface area contributed by atoms with Crippen LogP contribution in [0.3, 0.4) is 0 Å². The van der Waals surface area contributed by atoms with Crippen LogP contribution in [0.4, 0.5) is 5.69 Å². The second-order valence-electron chi connectivity index (χ2n) is 4.87. The van der Waals surface area contributed by atoms with Crippen molar-refractivity contribution in [2.75, 3.05) is 26.1 Å². The molecular formula is C14H18N2O2S. The summed E-state index contributed by atoms with van der Waals surface area (Å²) in [6, 6.07) is 5.77. The summed E-state index contributed by atoms with van der Waals surface area (Å²) in [4.78, 5) is 4.57. The van der Waals surface area contributed by atoms with Gasteiger partial charge >= 0.3 is 0 Å². The van der Waals surface area contributed by atoms with E-state index in [1.165, 1.54) is 12.8 Å². The maximum Gasteiger partial charge on any atom is 0.161 e. The van der Waals surface area contributed by atoms with E-state index < -0.39 is 0 Å². The molecule has 1 aliphatic heterocycles. The van der Waals surface area contributed by atoms with Gasteiger partial charge in [-0.15, -0.1) is 0 Å². The molecule has 1 atom stereocenters. The second kappa shape index (κ2) is 5.33. The van der Waals surface area contributed by atoms with Gasteiger partial charge in [-0.25, -0.2) is 0 Å². The van der Waals surface area contributed by atoms with Crippen molar-refractivity contribution in [3.05, 3.63) is 18.2 Å². The van der Waals surface area contributed by atoms with Crippen molar-refractivity contribution in [2.24, 2.45) is 10.9 Å². The van der Waals surface area contributed by atoms with Crippen LogP contribution in [-0.2, 0) is 0 Å². The van der Waals surface area contributed by atoms with E-state index in [4.69, 9.17) is 9.47 Å². The molecule has 1 unspecified atom stereocenters. The molecule has 1 N–H and O–H groups in total. The van der Waals surface area contributed by atoms with E-state index in [9.17, 15) is 0 Å². The number of rotatable bonds is 4. The molecule has 1 aliphatic carbocycles. The Bertz CT molecular complexity index is 478. The molecule has 0 amide bonds. The fraction of sp³-hybridized carbons (Fsp3) is 0.500. The topological polar surface area (TPSA) is 42.8 Å². The van der Waals surface area contributed by atoms with Gasteiger partial charge in [0, 0.05) is 29.1 Å². The normalized spacial score (nSPS) is 22.0. The van der Waals surface area contributed by atoms with E-state index in [1.54, 1.807) is 14.2 Å². The average molecular weight is 278 g/mol. The van der Waals surface area contributed by atoms with Gasteiger partial charge in [0.2, 0.25) is 0 Å². The molecule has 0 saturated heterocycles. The van der Waals surface area contributed by atoms with Crippen molar-refractivity contribution >= 4 is 22.6 Å². The molecule has 1 aromatic carbocycles. The molecular weight excluding hydrogens is 260 g/mol. The zero-order valence-electron chi connectivity index (χ0n) is 11.2. The summed E-state index contributed by atoms with van der Waals surface area (Å²) in [5, 5.41) is 5.04. The largest absolute Gasteiger partial charge is 0.497 e. The van der Waals surface area contributed by atoms with Gasteiger partial charge in [-0.3, -0.25) is 4.99 Å². The van der Waals surface area contributed by atoms with Gasteiger partial charge in [-0.2, -0.15) is 0 Å². The first kappa shape index (κ1) is 12.7. The quantitative estimate of drug-likeness (QED) is 0.919. The minimum atomic E-state index is 0.676. The van der Waals surface area contributed by atoms with Gasteiger partial charge in [-0.1, -0.05) is 11.8 Å². The Morgan fingerprint density at radius 3 is 2.42 bits per heavy atom. The van der Waals surface area contributed by atoms with Gasteiger partial charge in [0.1, 0.15) is 11.5 Å². The molecule has 19 heavy (non-hydrogen) atoms. The summed E-state index contributed by atoms with van der Waals surface area (Å²) < 4.78 is 10.5. The highest BCUT2D eigenvalue weighted by molar-refractivity contribution is 8.15. The molecule has 2 aliphatic rings. The first-order chi connectivity index (χ1) is 9.28. The highest BCUT2D eigenvalue weighted by Crippen LogP contribution is 2.42. The molecule has 0 aromatic heterocycles. The van der Waals surface area contributed by atoms with Crippen LogP contribution in [0.1, 0.15) is 12.8 Å². The number of methoxy groups -OCH3 is 2. The lowest BCUT2D eigenvalue weighted by atomic mass is 10.3. The van der Waals surface area contributed by atoms with Crippen molar-refractivity contribution in [1.29, 1.82) is 0 Å². The van der Waals surface area contributed by atoms with Crippen LogP contribution in [0.2, 0.25) is 0 Å². The Morgan fingerprint density at radius 2 is 1.84 bits per heavy atom. The van der Waals surface area contributed by atoms with Gasteiger partial charge < -0.3 is 14.8 Å². The highest BCUT2D eigenvalue weighted by atomic mass is 32.2. The predicted molar refractivity (Wildman–Crippen MR) is 79.6 cm³/mol. The minimum Gasteiger partial charge on any atom is -0.497 e. The van der Waals surface area contributed by atoms with Crippen LogP contribution in [0.25, 0.3) is 0 Å². The van der Waals surface area contributed by atoms with E-state index in [2.05, 4.69) is 10.3 Å². The fourth-order valence-electron chi connectivity index (χ4n) is 2.18. The van der Waals surface area contributed by atoms with E-state index >= 15 is 0 Å². The standard InChI is InChI=1S/C14H18N2O2S/c1-17-11-5-10(6-12(7-11)18-2)16-14-15-8-13(19-14)9-3-4-9/h5-7,9,13H,3-4,8H2,1-2H3,(H,15,16). The summed E-state index contributed by atoms with van der Waals surface area (Å²) in [6.07, 6.45) is 2.74. The Balaban J connectivity index is 1.68. The maximum absolute atomic E-state index is 5.26. The number of nitrogens with zero attached hydrogens (tertiary/aromatic N) is 1. The number of anilines is 1. The van der Waals surface area contributed by atoms with Crippen LogP contribution in [0.15, 0.2) is 23.2 Å². The van der Waals surface area contributed by atoms with Gasteiger partial charge in [0.05, 0.1) is 20.8 Å². The molecule has 3 rings (SSSR count). The summed E-state index contributed by atoms with van der Waals surface area (Å²) in [7, 11) is 3.31. The third kappa shape index (κ3) is 2.97. The minimum absolute atomic E-state index is 0.676. The summed E-state index contributed by atoms with van der Waals surface area (Å²) in [5.74, 6) is 2.45. The van der Waals surface area contributed by atoms with Gasteiger partial charge in [0.15, 0.2) is 5.17 Å². The lowest BCUT2D eigenvalue weighted by Gasteiger charge is -2.11. The third-order valence-electron chi connectivity index (χ3n) is 3.43. The first-order valence-electron chi connectivity index (χ1n) is 6.49. The number of aliphatic imine (C=N–C) groups is 1. The van der Waals surface area contributed by atoms with Crippen molar-refractivity contribution in [3.8, 4) is 11.5 Å². The molecule has 0 spiro atoms. The Labute approximate surface area is 117 Å². The van der Waals surface area contributed by atoms with Crippen LogP contribution in [0, 0.1) is 5.92 Å². The zero-order chi connectivity index (χ0) is 13.2. The van der Waals surface area contributed by atoms with Crippen molar-refractivity contribution in [1.82, 2.24) is 0 Å². The molecule has 0 radical (unpaired) electrons. The Hall–Kier alpha value is -1.36. The second-order valence-corrected chi connectivity index (χ2v) is 6.09. The smallest absolute Gasteiger partial charge is 0.161 e. The maximum atomic E-state index is 5.26. The zero-order valence-corrected chi connectivity index (χ0v) is 12.0. The molecule has 1 heterocycles. The Morgan fingerprint density at radius 1 is 1.16 bits per heavy atom. The van der Waals surface area contributed by atoms with Crippen molar-refractivity contribution in [2.45, 2.75) is 18.1 Å². The molecule has 4 nitrogen and oxygen atoms in total. The number of thioether (sulfide) groups is 1. The van der Waals surface area contributed by atoms with E-state index in [1.807, 2.05) is 30.0 Å². The van der Waals surface area contributed by atoms with Crippen LogP contribution < -0.4 is 14.8 Å². The number of ether oxygens (including phenoxy) is 2. The SMILES string of the molecule is COc1cc(NC2=NCC(C3CC3)S2)cc(OC)c1. The first-order valence-corrected chi connectivity index (χ1v) is 7.37. The summed E-state index contributed by atoms with van der Waals surface area (Å²) >= 11 is 1.86. The lowest BCUT2D eigenvalue weighted by Crippen LogP contribution is -2.09. The molecule has 1 aromatic rings. The molecule has 5 heteroatoms. The molecule has 0 bridgehead atoms. The summed E-state index contributed by atoms with van der Waals surface area (Å²) in [6.45, 7) is 0.943. The molecule has 1 fully saturated rings. The lowest BCUT2D eigenvalue weighted by molar-refractivity contribution is 0.395. The monoisotopic (exact) mass is 278 g/mol. The number of amidine groups is 1. The average Bonchev–Trinajstić information content (AvgIpc) is 3.19. The van der Waals surface area contributed by atoms with Crippen molar-refractivity contribution < 1.29 is 9.47 Å². The van der Waals surface area contributed by atoms with Gasteiger partial charge in [0.25, 0.3) is 0 Å². The van der Waals surface area contributed by atoms with Crippen LogP contribution in [-0.4, -0.2) is 31.2 Å². The highest BCUT2D eigenvalue weighted by Gasteiger charge is 2.35. The van der Waals surface area contributed by atoms with E-state index in [0.29, 0.717) is 5.25 Å². The molecule has 102 valence electrons. The Kier molecular flexibility index (Phi) is 3.55. The molecule has 1 saturated carbocycles. The number of benzene rings is 1. The predicted octanol–water partition coefficient (Wildman–Crippen LogP) is 3.00. The van der Waals surface area contributed by atoms with E-state index in [-0.39, 0.29) is 0 Å². The van der Waals surface area contributed by atoms with Crippen LogP contribution >= 0.6 is 11.8 Å². The summed E-state index contributed by atoms with van der Waals surface area (Å²) in [5.41, 5.74) is 0.957. The van der Waals surface area contributed by atoms with Crippen LogP contribution in [0.5, 0.6) is 11.5 Å². The number of hydrogen-bond donors (Lipinski definition) is 1. The van der Waals surface area contributed by atoms with E-state index in [0.717, 1.165) is 34.8 Å². The van der Waals surface area contributed by atoms with Crippen molar-refractivity contribution in [3.63, 3.8) is 0 Å². The number of nitrogens with one attached hydrogen (secondary N) is 1.